The van der Waals surface area contributed by atoms with Crippen molar-refractivity contribution in [2.24, 2.45) is 5.92 Å². The van der Waals surface area contributed by atoms with E-state index in [0.717, 1.165) is 18.4 Å². The number of hydrogen-bond acceptors (Lipinski definition) is 4. The van der Waals surface area contributed by atoms with E-state index >= 15 is 0 Å². The second kappa shape index (κ2) is 9.71. The molecule has 0 radical (unpaired) electrons. The number of furan rings is 1. The minimum absolute atomic E-state index is 0.180. The number of piperidine rings is 1. The lowest BCUT2D eigenvalue weighted by Gasteiger charge is -2.29. The predicted molar refractivity (Wildman–Crippen MR) is 122 cm³/mol. The van der Waals surface area contributed by atoms with Crippen LogP contribution in [0.15, 0.2) is 82.3 Å². The summed E-state index contributed by atoms with van der Waals surface area (Å²) >= 11 is 0. The van der Waals surface area contributed by atoms with Crippen LogP contribution in [-0.2, 0) is 23.1 Å². The lowest BCUT2D eigenvalue weighted by Crippen LogP contribution is -2.37. The number of rotatable bonds is 7. The smallest absolute Gasteiger partial charge is 0.254 e. The molecular formula is C25H28N2O4S. The summed E-state index contributed by atoms with van der Waals surface area (Å²) in [6, 6.07) is 19.6. The Kier molecular flexibility index (Phi) is 6.77. The van der Waals surface area contributed by atoms with Crippen LogP contribution >= 0.6 is 0 Å². The number of nitrogens with zero attached hydrogens (tertiary/aromatic N) is 2. The lowest BCUT2D eigenvalue weighted by atomic mass is 10.0. The maximum Gasteiger partial charge on any atom is 0.254 e. The average Bonchev–Trinajstić information content (AvgIpc) is 3.32. The van der Waals surface area contributed by atoms with Crippen molar-refractivity contribution in [1.82, 2.24) is 9.21 Å². The first-order valence-electron chi connectivity index (χ1n) is 10.9. The SMILES string of the molecule is CC1CCN(S(=O)(=O)c2ccc(C(=O)N(Cc3ccccc3)Cc3ccco3)cc2)CC1. The summed E-state index contributed by atoms with van der Waals surface area (Å²) < 4.78 is 33.0. The van der Waals surface area contributed by atoms with Gasteiger partial charge < -0.3 is 9.32 Å². The second-order valence-electron chi connectivity index (χ2n) is 8.34. The number of hydrogen-bond donors (Lipinski definition) is 0. The average molecular weight is 453 g/mol. The first-order valence-corrected chi connectivity index (χ1v) is 12.3. The summed E-state index contributed by atoms with van der Waals surface area (Å²) in [7, 11) is -3.54. The molecule has 4 rings (SSSR count). The Morgan fingerprint density at radius 3 is 2.28 bits per heavy atom. The maximum absolute atomic E-state index is 13.3. The highest BCUT2D eigenvalue weighted by Crippen LogP contribution is 2.24. The van der Waals surface area contributed by atoms with Crippen LogP contribution < -0.4 is 0 Å². The molecule has 1 aliphatic rings. The Morgan fingerprint density at radius 2 is 1.66 bits per heavy atom. The summed E-state index contributed by atoms with van der Waals surface area (Å²) in [5.41, 5.74) is 1.45. The van der Waals surface area contributed by atoms with E-state index in [9.17, 15) is 13.2 Å². The molecule has 0 saturated carbocycles. The molecule has 0 unspecified atom stereocenters. The highest BCUT2D eigenvalue weighted by molar-refractivity contribution is 7.89. The van der Waals surface area contributed by atoms with E-state index in [2.05, 4.69) is 6.92 Å². The molecule has 7 heteroatoms. The quantitative estimate of drug-likeness (QED) is 0.528. The molecule has 0 N–H and O–H groups in total. The fourth-order valence-corrected chi connectivity index (χ4v) is 5.39. The monoisotopic (exact) mass is 452 g/mol. The summed E-state index contributed by atoms with van der Waals surface area (Å²) in [5, 5.41) is 0. The molecule has 3 aromatic rings. The fraction of sp³-hybridized carbons (Fsp3) is 0.320. The normalized spacial score (nSPS) is 15.5. The van der Waals surface area contributed by atoms with Crippen molar-refractivity contribution in [3.63, 3.8) is 0 Å². The Hall–Kier alpha value is -2.90. The van der Waals surface area contributed by atoms with Gasteiger partial charge in [0.15, 0.2) is 0 Å². The van der Waals surface area contributed by atoms with Crippen LogP contribution in [0.5, 0.6) is 0 Å². The molecule has 1 amide bonds. The van der Waals surface area contributed by atoms with Gasteiger partial charge in [0.25, 0.3) is 5.91 Å². The maximum atomic E-state index is 13.3. The standard InChI is InChI=1S/C25H28N2O4S/c1-20-13-15-27(16-14-20)32(29,30)24-11-9-22(10-12-24)25(28)26(19-23-8-5-17-31-23)18-21-6-3-2-4-7-21/h2-12,17,20H,13-16,18-19H2,1H3. The number of sulfonamides is 1. The van der Waals surface area contributed by atoms with Crippen molar-refractivity contribution in [1.29, 1.82) is 0 Å². The Labute approximate surface area is 189 Å². The van der Waals surface area contributed by atoms with Gasteiger partial charge in [-0.3, -0.25) is 4.79 Å². The van der Waals surface area contributed by atoms with Crippen molar-refractivity contribution in [3.8, 4) is 0 Å². The van der Waals surface area contributed by atoms with E-state index in [1.807, 2.05) is 36.4 Å². The van der Waals surface area contributed by atoms with Crippen LogP contribution in [0.1, 0.15) is 41.4 Å². The van der Waals surface area contributed by atoms with Gasteiger partial charge in [-0.1, -0.05) is 37.3 Å². The van der Waals surface area contributed by atoms with Gasteiger partial charge in [-0.2, -0.15) is 4.31 Å². The highest BCUT2D eigenvalue weighted by atomic mass is 32.2. The molecule has 0 spiro atoms. The number of carbonyl (C=O) groups excluding carboxylic acids is 1. The predicted octanol–water partition coefficient (Wildman–Crippen LogP) is 4.54. The van der Waals surface area contributed by atoms with Crippen LogP contribution in [0.25, 0.3) is 0 Å². The summed E-state index contributed by atoms with van der Waals surface area (Å²) in [4.78, 5) is 15.2. The van der Waals surface area contributed by atoms with Gasteiger partial charge in [0.2, 0.25) is 10.0 Å². The fourth-order valence-electron chi connectivity index (χ4n) is 3.92. The van der Waals surface area contributed by atoms with Crippen molar-refractivity contribution in [2.75, 3.05) is 13.1 Å². The van der Waals surface area contributed by atoms with E-state index in [4.69, 9.17) is 4.42 Å². The van der Waals surface area contributed by atoms with E-state index in [1.54, 1.807) is 33.7 Å². The number of carbonyl (C=O) groups is 1. The molecule has 1 fully saturated rings. The number of amides is 1. The van der Waals surface area contributed by atoms with Crippen LogP contribution in [0.2, 0.25) is 0 Å². The van der Waals surface area contributed by atoms with Crippen LogP contribution in [0, 0.1) is 5.92 Å². The van der Waals surface area contributed by atoms with Gasteiger partial charge in [0, 0.05) is 25.2 Å². The Morgan fingerprint density at radius 1 is 0.969 bits per heavy atom. The lowest BCUT2D eigenvalue weighted by molar-refractivity contribution is 0.0717. The Bertz CT molecular complexity index is 1120. The largest absolute Gasteiger partial charge is 0.467 e. The molecule has 32 heavy (non-hydrogen) atoms. The summed E-state index contributed by atoms with van der Waals surface area (Å²) in [6.07, 6.45) is 3.33. The Balaban J connectivity index is 1.53. The van der Waals surface area contributed by atoms with E-state index in [1.165, 1.54) is 12.1 Å². The zero-order valence-corrected chi connectivity index (χ0v) is 19.0. The zero-order chi connectivity index (χ0) is 22.6. The first-order chi connectivity index (χ1) is 15.4. The first kappa shape index (κ1) is 22.3. The van der Waals surface area contributed by atoms with Gasteiger partial charge in [-0.05, 0) is 60.7 Å². The van der Waals surface area contributed by atoms with Gasteiger partial charge in [-0.25, -0.2) is 8.42 Å². The molecule has 1 aromatic heterocycles. The third-order valence-electron chi connectivity index (χ3n) is 5.91. The third kappa shape index (κ3) is 5.11. The van der Waals surface area contributed by atoms with E-state index in [-0.39, 0.29) is 10.8 Å². The minimum atomic E-state index is -3.54. The third-order valence-corrected chi connectivity index (χ3v) is 7.82. The van der Waals surface area contributed by atoms with Crippen molar-refractivity contribution < 1.29 is 17.6 Å². The molecule has 1 saturated heterocycles. The van der Waals surface area contributed by atoms with E-state index < -0.39 is 10.0 Å². The van der Waals surface area contributed by atoms with Gasteiger partial charge in [0.1, 0.15) is 5.76 Å². The molecular weight excluding hydrogens is 424 g/mol. The molecule has 168 valence electrons. The van der Waals surface area contributed by atoms with E-state index in [0.29, 0.717) is 43.4 Å². The summed E-state index contributed by atoms with van der Waals surface area (Å²) in [6.45, 7) is 3.98. The summed E-state index contributed by atoms with van der Waals surface area (Å²) in [5.74, 6) is 1.06. The van der Waals surface area contributed by atoms with Gasteiger partial charge >= 0.3 is 0 Å². The second-order valence-corrected chi connectivity index (χ2v) is 10.3. The number of benzene rings is 2. The van der Waals surface area contributed by atoms with Crippen molar-refractivity contribution in [3.05, 3.63) is 89.9 Å². The van der Waals surface area contributed by atoms with Crippen molar-refractivity contribution >= 4 is 15.9 Å². The van der Waals surface area contributed by atoms with Gasteiger partial charge in [-0.15, -0.1) is 0 Å². The topological polar surface area (TPSA) is 70.8 Å². The zero-order valence-electron chi connectivity index (χ0n) is 18.2. The molecule has 2 heterocycles. The molecule has 0 aliphatic carbocycles. The minimum Gasteiger partial charge on any atom is -0.467 e. The van der Waals surface area contributed by atoms with Crippen LogP contribution in [0.3, 0.4) is 0 Å². The molecule has 1 aliphatic heterocycles. The van der Waals surface area contributed by atoms with Crippen LogP contribution in [-0.4, -0.2) is 36.6 Å². The van der Waals surface area contributed by atoms with Crippen molar-refractivity contribution in [2.45, 2.75) is 37.8 Å². The van der Waals surface area contributed by atoms with Gasteiger partial charge in [0.05, 0.1) is 17.7 Å². The molecule has 6 nitrogen and oxygen atoms in total. The molecule has 2 aromatic carbocycles. The molecule has 0 bridgehead atoms. The van der Waals surface area contributed by atoms with Crippen LogP contribution in [0.4, 0.5) is 0 Å². The molecule has 0 atom stereocenters. The highest BCUT2D eigenvalue weighted by Gasteiger charge is 2.28.